The summed E-state index contributed by atoms with van der Waals surface area (Å²) in [6.45, 7) is 5.22. The molecule has 0 radical (unpaired) electrons. The molecule has 0 saturated heterocycles. The number of amides is 1. The second-order valence-electron chi connectivity index (χ2n) is 8.78. The van der Waals surface area contributed by atoms with Crippen molar-refractivity contribution in [1.29, 1.82) is 0 Å². The van der Waals surface area contributed by atoms with Gasteiger partial charge in [-0.15, -0.1) is 0 Å². The molecule has 6 heteroatoms. The first-order valence-corrected chi connectivity index (χ1v) is 11.4. The van der Waals surface area contributed by atoms with Crippen LogP contribution in [0.5, 0.6) is 0 Å². The fourth-order valence-corrected chi connectivity index (χ4v) is 4.62. The summed E-state index contributed by atoms with van der Waals surface area (Å²) in [5, 5.41) is 4.56. The molecule has 1 saturated carbocycles. The van der Waals surface area contributed by atoms with Gasteiger partial charge in [-0.05, 0) is 26.7 Å². The topological polar surface area (TPSA) is 66.8 Å². The van der Waals surface area contributed by atoms with Gasteiger partial charge < -0.3 is 9.88 Å². The average Bonchev–Trinajstić information content (AvgIpc) is 3.20. The zero-order valence-corrected chi connectivity index (χ0v) is 18.9. The van der Waals surface area contributed by atoms with E-state index in [1.165, 1.54) is 12.8 Å². The maximum atomic E-state index is 13.6. The fourth-order valence-electron chi connectivity index (χ4n) is 4.62. The number of aromatic amines is 1. The summed E-state index contributed by atoms with van der Waals surface area (Å²) in [6, 6.07) is 10.1. The number of carbonyl (C=O) groups is 1. The highest BCUT2D eigenvalue weighted by atomic mass is 16.2. The molecule has 0 bridgehead atoms. The average molecular weight is 420 g/mol. The molecule has 0 aliphatic heterocycles. The maximum absolute atomic E-state index is 13.6. The van der Waals surface area contributed by atoms with Crippen LogP contribution in [0.3, 0.4) is 0 Å². The Morgan fingerprint density at radius 1 is 1.10 bits per heavy atom. The first-order valence-electron chi connectivity index (χ1n) is 11.4. The van der Waals surface area contributed by atoms with E-state index in [0.29, 0.717) is 13.1 Å². The molecule has 0 atom stereocenters. The van der Waals surface area contributed by atoms with Crippen LogP contribution in [-0.4, -0.2) is 30.6 Å². The quantitative estimate of drug-likeness (QED) is 0.576. The number of aromatic nitrogens is 4. The molecule has 1 N–H and O–H groups in total. The second kappa shape index (κ2) is 9.50. The van der Waals surface area contributed by atoms with E-state index in [1.54, 1.807) is 0 Å². The maximum Gasteiger partial charge on any atom is 0.226 e. The van der Waals surface area contributed by atoms with Gasteiger partial charge in [0.2, 0.25) is 5.91 Å². The number of hydrogen-bond donors (Lipinski definition) is 1. The van der Waals surface area contributed by atoms with Crippen LogP contribution in [0.2, 0.25) is 0 Å². The third-order valence-corrected chi connectivity index (χ3v) is 6.56. The normalized spacial score (nSPS) is 15.1. The first-order chi connectivity index (χ1) is 15.0. The van der Waals surface area contributed by atoms with E-state index in [1.807, 2.05) is 60.1 Å². The Labute approximate surface area is 184 Å². The van der Waals surface area contributed by atoms with Gasteiger partial charge in [-0.1, -0.05) is 56.0 Å². The van der Waals surface area contributed by atoms with Gasteiger partial charge in [-0.25, -0.2) is 4.98 Å². The third-order valence-electron chi connectivity index (χ3n) is 6.56. The minimum Gasteiger partial charge on any atom is -0.340 e. The lowest BCUT2D eigenvalue weighted by molar-refractivity contribution is -0.137. The summed E-state index contributed by atoms with van der Waals surface area (Å²) in [5.74, 6) is 1.22. The number of hydrogen-bond acceptors (Lipinski definition) is 3. The Kier molecular flexibility index (Phi) is 6.54. The molecule has 4 rings (SSSR count). The monoisotopic (exact) mass is 419 g/mol. The van der Waals surface area contributed by atoms with Crippen molar-refractivity contribution in [3.63, 3.8) is 0 Å². The van der Waals surface area contributed by atoms with Crippen LogP contribution in [-0.2, 0) is 24.9 Å². The molecule has 2 aromatic heterocycles. The van der Waals surface area contributed by atoms with Crippen molar-refractivity contribution in [3.05, 3.63) is 59.2 Å². The standard InChI is InChI=1S/C25H33N5O/c1-18-23(19(2)29(3)28-18)17-30(25(31)21-13-7-4-5-8-14-21)16-22-15-26-24(27-22)20-11-9-6-10-12-20/h6,9-12,15,21H,4-5,7-8,13-14,16-17H2,1-3H3,(H,26,27). The summed E-state index contributed by atoms with van der Waals surface area (Å²) in [7, 11) is 1.96. The summed E-state index contributed by atoms with van der Waals surface area (Å²) >= 11 is 0. The van der Waals surface area contributed by atoms with Gasteiger partial charge in [0.25, 0.3) is 0 Å². The van der Waals surface area contributed by atoms with Gasteiger partial charge >= 0.3 is 0 Å². The summed E-state index contributed by atoms with van der Waals surface area (Å²) in [4.78, 5) is 23.6. The first kappa shape index (κ1) is 21.3. The van der Waals surface area contributed by atoms with Gasteiger partial charge in [0.05, 0.1) is 24.1 Å². The zero-order chi connectivity index (χ0) is 21.8. The minimum atomic E-state index is 0.122. The Bertz CT molecular complexity index is 1010. The Hall–Kier alpha value is -2.89. The van der Waals surface area contributed by atoms with Gasteiger partial charge in [0.1, 0.15) is 5.82 Å². The Morgan fingerprint density at radius 3 is 2.45 bits per heavy atom. The van der Waals surface area contributed by atoms with Gasteiger partial charge in [0, 0.05) is 36.3 Å². The highest BCUT2D eigenvalue weighted by Gasteiger charge is 2.27. The molecular weight excluding hydrogens is 386 g/mol. The van der Waals surface area contributed by atoms with Gasteiger partial charge in [-0.3, -0.25) is 9.48 Å². The summed E-state index contributed by atoms with van der Waals surface area (Å²) in [5.41, 5.74) is 5.26. The molecule has 1 fully saturated rings. The second-order valence-corrected chi connectivity index (χ2v) is 8.78. The summed E-state index contributed by atoms with van der Waals surface area (Å²) < 4.78 is 1.91. The van der Waals surface area contributed by atoms with Crippen LogP contribution in [0, 0.1) is 19.8 Å². The van der Waals surface area contributed by atoms with Gasteiger partial charge in [-0.2, -0.15) is 5.10 Å². The number of aryl methyl sites for hydroxylation is 2. The molecule has 6 nitrogen and oxygen atoms in total. The van der Waals surface area contributed by atoms with Crippen molar-refractivity contribution in [1.82, 2.24) is 24.6 Å². The van der Waals surface area contributed by atoms with Crippen molar-refractivity contribution < 1.29 is 4.79 Å². The molecule has 1 aromatic carbocycles. The molecule has 3 aromatic rings. The Balaban J connectivity index is 1.59. The van der Waals surface area contributed by atoms with E-state index in [9.17, 15) is 4.79 Å². The Morgan fingerprint density at radius 2 is 1.81 bits per heavy atom. The van der Waals surface area contributed by atoms with E-state index in [-0.39, 0.29) is 11.8 Å². The fraction of sp³-hybridized carbons (Fsp3) is 0.480. The largest absolute Gasteiger partial charge is 0.340 e. The molecule has 31 heavy (non-hydrogen) atoms. The minimum absolute atomic E-state index is 0.122. The van der Waals surface area contributed by atoms with Crippen molar-refractivity contribution in [2.45, 2.75) is 65.5 Å². The lowest BCUT2D eigenvalue weighted by Gasteiger charge is -2.27. The van der Waals surface area contributed by atoms with Crippen LogP contribution in [0.25, 0.3) is 11.4 Å². The van der Waals surface area contributed by atoms with Crippen molar-refractivity contribution >= 4 is 5.91 Å². The molecule has 1 aliphatic carbocycles. The molecule has 1 aliphatic rings. The number of nitrogens with zero attached hydrogens (tertiary/aromatic N) is 4. The predicted molar refractivity (Wildman–Crippen MR) is 122 cm³/mol. The number of nitrogens with one attached hydrogen (secondary N) is 1. The molecular formula is C25H33N5O. The van der Waals surface area contributed by atoms with Crippen LogP contribution in [0.15, 0.2) is 36.5 Å². The van der Waals surface area contributed by atoms with E-state index in [2.05, 4.69) is 22.0 Å². The molecule has 0 spiro atoms. The van der Waals surface area contributed by atoms with Crippen molar-refractivity contribution in [2.24, 2.45) is 13.0 Å². The molecule has 164 valence electrons. The van der Waals surface area contributed by atoms with Crippen LogP contribution in [0.1, 0.15) is 61.2 Å². The number of benzene rings is 1. The highest BCUT2D eigenvalue weighted by Crippen LogP contribution is 2.27. The van der Waals surface area contributed by atoms with E-state index >= 15 is 0 Å². The van der Waals surface area contributed by atoms with Gasteiger partial charge in [0.15, 0.2) is 0 Å². The third kappa shape index (κ3) is 4.89. The van der Waals surface area contributed by atoms with Crippen molar-refractivity contribution in [3.8, 4) is 11.4 Å². The van der Waals surface area contributed by atoms with E-state index in [0.717, 1.165) is 59.7 Å². The predicted octanol–water partition coefficient (Wildman–Crippen LogP) is 4.93. The lowest BCUT2D eigenvalue weighted by Crippen LogP contribution is -2.35. The lowest BCUT2D eigenvalue weighted by atomic mass is 9.98. The molecule has 0 unspecified atom stereocenters. The van der Waals surface area contributed by atoms with Crippen LogP contribution < -0.4 is 0 Å². The van der Waals surface area contributed by atoms with E-state index in [4.69, 9.17) is 0 Å². The summed E-state index contributed by atoms with van der Waals surface area (Å²) in [6.07, 6.45) is 8.64. The smallest absolute Gasteiger partial charge is 0.226 e. The SMILES string of the molecule is Cc1nn(C)c(C)c1CN(Cc1cnc(-c2ccccc2)[nH]1)C(=O)C1CCCCCC1. The van der Waals surface area contributed by atoms with Crippen molar-refractivity contribution in [2.75, 3.05) is 0 Å². The number of H-pyrrole nitrogens is 1. The molecule has 2 heterocycles. The zero-order valence-electron chi connectivity index (χ0n) is 18.9. The van der Waals surface area contributed by atoms with E-state index < -0.39 is 0 Å². The van der Waals surface area contributed by atoms with Crippen LogP contribution in [0.4, 0.5) is 0 Å². The molecule has 1 amide bonds. The highest BCUT2D eigenvalue weighted by molar-refractivity contribution is 5.79. The number of carbonyl (C=O) groups excluding carboxylic acids is 1. The van der Waals surface area contributed by atoms with Crippen LogP contribution >= 0.6 is 0 Å². The number of rotatable bonds is 6. The number of imidazole rings is 1.